The van der Waals surface area contributed by atoms with E-state index in [0.29, 0.717) is 17.7 Å². The maximum Gasteiger partial charge on any atom is 0.222 e. The molecule has 1 atom stereocenters. The molecule has 1 aliphatic rings. The van der Waals surface area contributed by atoms with E-state index in [1.807, 2.05) is 7.05 Å². The van der Waals surface area contributed by atoms with Crippen molar-refractivity contribution in [3.8, 4) is 0 Å². The van der Waals surface area contributed by atoms with E-state index in [2.05, 4.69) is 31.0 Å². The molecule has 0 spiro atoms. The number of nitrogens with one attached hydrogen (secondary N) is 1. The molecule has 1 saturated heterocycles. The highest BCUT2D eigenvalue weighted by Gasteiger charge is 2.23. The van der Waals surface area contributed by atoms with Crippen LogP contribution < -0.4 is 5.32 Å². The molecule has 1 amide bonds. The van der Waals surface area contributed by atoms with Gasteiger partial charge in [-0.25, -0.2) is 0 Å². The van der Waals surface area contributed by atoms with Gasteiger partial charge in [-0.15, -0.1) is 0 Å². The Morgan fingerprint density at radius 1 is 1.28 bits per heavy atom. The third-order valence-corrected chi connectivity index (χ3v) is 3.86. The molecule has 0 aromatic rings. The highest BCUT2D eigenvalue weighted by molar-refractivity contribution is 5.76. The largest absolute Gasteiger partial charge is 0.343 e. The summed E-state index contributed by atoms with van der Waals surface area (Å²) in [5.74, 6) is 2.33. The molecule has 3 nitrogen and oxygen atoms in total. The first-order valence-electron chi connectivity index (χ1n) is 7.45. The lowest BCUT2D eigenvalue weighted by Gasteiger charge is -2.32. The maximum atomic E-state index is 12.2. The monoisotopic (exact) mass is 254 g/mol. The molecule has 1 unspecified atom stereocenters. The molecule has 1 fully saturated rings. The zero-order valence-electron chi connectivity index (χ0n) is 12.5. The predicted octanol–water partition coefficient (Wildman–Crippen LogP) is 2.52. The van der Waals surface area contributed by atoms with Gasteiger partial charge in [0.1, 0.15) is 0 Å². The van der Waals surface area contributed by atoms with Gasteiger partial charge >= 0.3 is 0 Å². The predicted molar refractivity (Wildman–Crippen MR) is 76.5 cm³/mol. The molecule has 106 valence electrons. The number of carbonyl (C=O) groups excluding carboxylic acids is 1. The van der Waals surface area contributed by atoms with Gasteiger partial charge in [-0.2, -0.15) is 0 Å². The second-order valence-corrected chi connectivity index (χ2v) is 6.32. The number of piperidine rings is 1. The van der Waals surface area contributed by atoms with Gasteiger partial charge in [0, 0.05) is 19.5 Å². The molecule has 0 aliphatic carbocycles. The zero-order chi connectivity index (χ0) is 13.5. The fraction of sp³-hybridized carbons (Fsp3) is 0.933. The summed E-state index contributed by atoms with van der Waals surface area (Å²) in [5.41, 5.74) is 0. The lowest BCUT2D eigenvalue weighted by atomic mass is 9.93. The smallest absolute Gasteiger partial charge is 0.222 e. The number of hydrogen-bond acceptors (Lipinski definition) is 2. The Balaban J connectivity index is 2.27. The van der Waals surface area contributed by atoms with Gasteiger partial charge in [-0.05, 0) is 50.6 Å². The van der Waals surface area contributed by atoms with Crippen molar-refractivity contribution in [3.63, 3.8) is 0 Å². The third kappa shape index (κ3) is 5.38. The molecule has 1 N–H and O–H groups in total. The van der Waals surface area contributed by atoms with E-state index in [4.69, 9.17) is 0 Å². The quantitative estimate of drug-likeness (QED) is 0.790. The van der Waals surface area contributed by atoms with Crippen molar-refractivity contribution in [2.45, 2.75) is 46.5 Å². The minimum atomic E-state index is 0.367. The summed E-state index contributed by atoms with van der Waals surface area (Å²) >= 11 is 0. The molecular weight excluding hydrogens is 224 g/mol. The van der Waals surface area contributed by atoms with Crippen LogP contribution in [0.4, 0.5) is 0 Å². The lowest BCUT2D eigenvalue weighted by molar-refractivity contribution is -0.133. The summed E-state index contributed by atoms with van der Waals surface area (Å²) in [6, 6.07) is 0. The van der Waals surface area contributed by atoms with Gasteiger partial charge in [0.2, 0.25) is 5.91 Å². The molecular formula is C15H30N2O. The highest BCUT2D eigenvalue weighted by atomic mass is 16.2. The van der Waals surface area contributed by atoms with E-state index in [1.54, 1.807) is 0 Å². The number of amides is 1. The molecule has 0 saturated carbocycles. The van der Waals surface area contributed by atoms with Crippen LogP contribution in [0.3, 0.4) is 0 Å². The summed E-state index contributed by atoms with van der Waals surface area (Å²) in [5, 5.41) is 3.23. The molecule has 18 heavy (non-hydrogen) atoms. The molecule has 3 heteroatoms. The van der Waals surface area contributed by atoms with E-state index in [1.165, 1.54) is 0 Å². The van der Waals surface area contributed by atoms with Gasteiger partial charge in [0.25, 0.3) is 0 Å². The summed E-state index contributed by atoms with van der Waals surface area (Å²) in [7, 11) is 2.01. The number of likely N-dealkylation sites (tertiary alicyclic amines) is 1. The Hall–Kier alpha value is -0.570. The number of rotatable bonds is 6. The van der Waals surface area contributed by atoms with Crippen molar-refractivity contribution < 1.29 is 4.79 Å². The van der Waals surface area contributed by atoms with Gasteiger partial charge < -0.3 is 10.2 Å². The summed E-state index contributed by atoms with van der Waals surface area (Å²) in [6.07, 6.45) is 4.20. The van der Waals surface area contributed by atoms with Crippen LogP contribution in [0.25, 0.3) is 0 Å². The summed E-state index contributed by atoms with van der Waals surface area (Å²) < 4.78 is 0. The summed E-state index contributed by atoms with van der Waals surface area (Å²) in [6.45, 7) is 9.66. The Bertz CT molecular complexity index is 245. The molecule has 1 heterocycles. The fourth-order valence-electron chi connectivity index (χ4n) is 2.99. The molecule has 0 bridgehead atoms. The van der Waals surface area contributed by atoms with Crippen molar-refractivity contribution in [1.82, 2.24) is 10.2 Å². The maximum absolute atomic E-state index is 12.2. The Morgan fingerprint density at radius 3 is 2.39 bits per heavy atom. The number of carbonyl (C=O) groups is 1. The van der Waals surface area contributed by atoms with E-state index < -0.39 is 0 Å². The van der Waals surface area contributed by atoms with Crippen LogP contribution in [0.15, 0.2) is 0 Å². The number of hydrogen-bond donors (Lipinski definition) is 1. The van der Waals surface area contributed by atoms with Crippen molar-refractivity contribution in [3.05, 3.63) is 0 Å². The van der Waals surface area contributed by atoms with Crippen LogP contribution in [0.2, 0.25) is 0 Å². The second kappa shape index (κ2) is 7.78. The van der Waals surface area contributed by atoms with Gasteiger partial charge in [0.15, 0.2) is 0 Å². The van der Waals surface area contributed by atoms with Gasteiger partial charge in [0.05, 0.1) is 0 Å². The van der Waals surface area contributed by atoms with Crippen molar-refractivity contribution in [1.29, 1.82) is 0 Å². The minimum Gasteiger partial charge on any atom is -0.343 e. The second-order valence-electron chi connectivity index (χ2n) is 6.32. The summed E-state index contributed by atoms with van der Waals surface area (Å²) in [4.78, 5) is 14.2. The van der Waals surface area contributed by atoms with Crippen LogP contribution >= 0.6 is 0 Å². The first-order chi connectivity index (χ1) is 8.52. The van der Waals surface area contributed by atoms with E-state index >= 15 is 0 Å². The van der Waals surface area contributed by atoms with Crippen LogP contribution in [0.1, 0.15) is 46.5 Å². The first kappa shape index (κ1) is 15.5. The number of nitrogens with zero attached hydrogens (tertiary/aromatic N) is 1. The average Bonchev–Trinajstić information content (AvgIpc) is 2.29. The van der Waals surface area contributed by atoms with Crippen molar-refractivity contribution >= 4 is 5.91 Å². The minimum absolute atomic E-state index is 0.367. The van der Waals surface area contributed by atoms with Gasteiger partial charge in [-0.1, -0.05) is 20.8 Å². The Labute approximate surface area is 112 Å². The van der Waals surface area contributed by atoms with E-state index in [-0.39, 0.29) is 0 Å². The standard InChI is InChI=1S/C15H30N2O/c1-12(2)9-13(3)10-15(18)17-7-5-14(6-8-17)11-16-4/h12-14,16H,5-11H2,1-4H3. The topological polar surface area (TPSA) is 32.3 Å². The van der Waals surface area contributed by atoms with E-state index in [9.17, 15) is 4.79 Å². The molecule has 1 rings (SSSR count). The molecule has 0 aromatic heterocycles. The molecule has 0 aromatic carbocycles. The molecule has 0 radical (unpaired) electrons. The first-order valence-corrected chi connectivity index (χ1v) is 7.45. The van der Waals surface area contributed by atoms with E-state index in [0.717, 1.165) is 51.2 Å². The molecule has 1 aliphatic heterocycles. The normalized spacial score (nSPS) is 19.3. The fourth-order valence-corrected chi connectivity index (χ4v) is 2.99. The van der Waals surface area contributed by atoms with Gasteiger partial charge in [-0.3, -0.25) is 4.79 Å². The lowest BCUT2D eigenvalue weighted by Crippen LogP contribution is -2.40. The Kier molecular flexibility index (Phi) is 6.69. The van der Waals surface area contributed by atoms with Crippen LogP contribution in [-0.2, 0) is 4.79 Å². The van der Waals surface area contributed by atoms with Crippen molar-refractivity contribution in [2.75, 3.05) is 26.7 Å². The van der Waals surface area contributed by atoms with Crippen molar-refractivity contribution in [2.24, 2.45) is 17.8 Å². The van der Waals surface area contributed by atoms with Crippen LogP contribution in [0, 0.1) is 17.8 Å². The Morgan fingerprint density at radius 2 is 1.89 bits per heavy atom. The van der Waals surface area contributed by atoms with Crippen LogP contribution in [-0.4, -0.2) is 37.5 Å². The SMILES string of the molecule is CNCC1CCN(C(=O)CC(C)CC(C)C)CC1. The highest BCUT2D eigenvalue weighted by Crippen LogP contribution is 2.20. The average molecular weight is 254 g/mol. The zero-order valence-corrected chi connectivity index (χ0v) is 12.5. The third-order valence-electron chi connectivity index (χ3n) is 3.86. The van der Waals surface area contributed by atoms with Crippen LogP contribution in [0.5, 0.6) is 0 Å².